The maximum absolute atomic E-state index is 14.1. The first-order chi connectivity index (χ1) is 37.3. The van der Waals surface area contributed by atoms with Crippen molar-refractivity contribution in [3.05, 3.63) is 72.3 Å². The molecule has 0 spiro atoms. The normalized spacial score (nSPS) is 15.3. The summed E-state index contributed by atoms with van der Waals surface area (Å²) in [6.45, 7) is 10.1. The summed E-state index contributed by atoms with van der Waals surface area (Å²) in [4.78, 5) is 159. The third kappa shape index (κ3) is 21.9. The SMILES string of the molecule is CC[C@H](C)[C@H](NC(=O)[C@H](CCC(=O)O)NC(=O)[C@H](Cc1cnc[nH]1)NC(=O)CNC(=O)[C@@H](NC(=O)[C@@H](N)C(C)C)[C@@H](C)CC)C(=O)N[C@H](C(=O)N[C@@H](Cc1cnc[nH]1)C(=O)NCC(=O)N[C@@H](Cc1ccccc1)C(=O)O)[C@@H](C)O. The number of amides is 9. The van der Waals surface area contributed by atoms with E-state index in [9.17, 15) is 68.1 Å². The Bertz CT molecular complexity index is 2510. The molecular formula is C51H76N14O14. The van der Waals surface area contributed by atoms with E-state index < -0.39 is 151 Å². The van der Waals surface area contributed by atoms with Crippen LogP contribution in [-0.2, 0) is 72.0 Å². The fraction of sp³-hybridized carbons (Fsp3) is 0.549. The summed E-state index contributed by atoms with van der Waals surface area (Å²) in [5.74, 6) is -12.0. The second kappa shape index (κ2) is 32.5. The van der Waals surface area contributed by atoms with Crippen molar-refractivity contribution in [1.82, 2.24) is 67.8 Å². The average Bonchev–Trinajstić information content (AvgIpc) is 4.14. The van der Waals surface area contributed by atoms with E-state index in [-0.39, 0.29) is 37.5 Å². The second-order valence-corrected chi connectivity index (χ2v) is 19.6. The van der Waals surface area contributed by atoms with Crippen molar-refractivity contribution in [2.75, 3.05) is 13.1 Å². The molecule has 0 unspecified atom stereocenters. The zero-order valence-corrected chi connectivity index (χ0v) is 45.3. The lowest BCUT2D eigenvalue weighted by Crippen LogP contribution is -2.62. The molecule has 0 aliphatic carbocycles. The maximum Gasteiger partial charge on any atom is 0.326 e. The highest BCUT2D eigenvalue weighted by Crippen LogP contribution is 2.13. The number of imidazole rings is 2. The molecule has 16 N–H and O–H groups in total. The summed E-state index contributed by atoms with van der Waals surface area (Å²) in [7, 11) is 0. The molecule has 0 saturated carbocycles. The van der Waals surface area contributed by atoms with Crippen LogP contribution in [0.3, 0.4) is 0 Å². The third-order valence-electron chi connectivity index (χ3n) is 13.0. The zero-order valence-electron chi connectivity index (χ0n) is 45.3. The lowest BCUT2D eigenvalue weighted by atomic mass is 9.96. The summed E-state index contributed by atoms with van der Waals surface area (Å²) in [6.07, 6.45) is 2.72. The van der Waals surface area contributed by atoms with Crippen molar-refractivity contribution in [3.8, 4) is 0 Å². The monoisotopic (exact) mass is 1110 g/mol. The van der Waals surface area contributed by atoms with Crippen LogP contribution < -0.4 is 53.6 Å². The van der Waals surface area contributed by atoms with Gasteiger partial charge in [-0.15, -0.1) is 0 Å². The van der Waals surface area contributed by atoms with E-state index in [2.05, 4.69) is 67.8 Å². The Balaban J connectivity index is 1.79. The summed E-state index contributed by atoms with van der Waals surface area (Å²) < 4.78 is 0. The number of rotatable bonds is 34. The quantitative estimate of drug-likeness (QED) is 0.0287. The molecule has 2 aromatic heterocycles. The summed E-state index contributed by atoms with van der Waals surface area (Å²) >= 11 is 0. The number of carbonyl (C=O) groups excluding carboxylic acids is 9. The molecule has 0 radical (unpaired) electrons. The second-order valence-electron chi connectivity index (χ2n) is 19.6. The van der Waals surface area contributed by atoms with E-state index in [0.717, 1.165) is 0 Å². The molecule has 0 aliphatic heterocycles. The molecule has 2 heterocycles. The number of nitrogens with two attached hydrogens (primary N) is 1. The molecule has 434 valence electrons. The van der Waals surface area contributed by atoms with Crippen LogP contribution in [0, 0.1) is 17.8 Å². The minimum atomic E-state index is -1.78. The van der Waals surface area contributed by atoms with Gasteiger partial charge in [0.15, 0.2) is 0 Å². The van der Waals surface area contributed by atoms with E-state index in [0.29, 0.717) is 23.4 Å². The predicted molar refractivity (Wildman–Crippen MR) is 282 cm³/mol. The first kappa shape index (κ1) is 65.0. The lowest BCUT2D eigenvalue weighted by Gasteiger charge is -2.30. The fourth-order valence-electron chi connectivity index (χ4n) is 7.69. The number of hydrogen-bond donors (Lipinski definition) is 15. The first-order valence-corrected chi connectivity index (χ1v) is 25.9. The molecule has 3 rings (SSSR count). The largest absolute Gasteiger partial charge is 0.481 e. The number of aliphatic carboxylic acids is 2. The van der Waals surface area contributed by atoms with E-state index in [4.69, 9.17) is 5.73 Å². The summed E-state index contributed by atoms with van der Waals surface area (Å²) in [5, 5.41) is 52.4. The molecule has 11 atom stereocenters. The highest BCUT2D eigenvalue weighted by Gasteiger charge is 2.37. The van der Waals surface area contributed by atoms with Crippen molar-refractivity contribution in [1.29, 1.82) is 0 Å². The van der Waals surface area contributed by atoms with Gasteiger partial charge in [-0.3, -0.25) is 47.9 Å². The Hall–Kier alpha value is -8.27. The van der Waals surface area contributed by atoms with Gasteiger partial charge in [-0.05, 0) is 36.7 Å². The molecule has 1 aromatic carbocycles. The van der Waals surface area contributed by atoms with Crippen LogP contribution in [0.15, 0.2) is 55.4 Å². The predicted octanol–water partition coefficient (Wildman–Crippen LogP) is -2.81. The summed E-state index contributed by atoms with van der Waals surface area (Å²) in [6, 6.07) is -2.67. The van der Waals surface area contributed by atoms with Crippen LogP contribution >= 0.6 is 0 Å². The number of aliphatic hydroxyl groups excluding tert-OH is 1. The maximum atomic E-state index is 14.1. The van der Waals surface area contributed by atoms with Gasteiger partial charge in [-0.2, -0.15) is 0 Å². The van der Waals surface area contributed by atoms with Crippen LogP contribution in [0.1, 0.15) is 91.1 Å². The highest BCUT2D eigenvalue weighted by molar-refractivity contribution is 5.98. The van der Waals surface area contributed by atoms with Crippen LogP contribution in [0.2, 0.25) is 0 Å². The minimum Gasteiger partial charge on any atom is -0.481 e. The number of benzene rings is 1. The zero-order chi connectivity index (χ0) is 58.9. The number of aliphatic hydroxyl groups is 1. The Morgan fingerprint density at radius 3 is 1.48 bits per heavy atom. The Labute approximate surface area is 456 Å². The minimum absolute atomic E-state index is 0.0514. The van der Waals surface area contributed by atoms with E-state index >= 15 is 0 Å². The molecule has 9 amide bonds. The van der Waals surface area contributed by atoms with Crippen molar-refractivity contribution in [2.45, 2.75) is 148 Å². The molecule has 0 saturated heterocycles. The molecule has 0 aliphatic rings. The number of carbonyl (C=O) groups is 11. The number of hydrogen-bond acceptors (Lipinski definition) is 15. The summed E-state index contributed by atoms with van der Waals surface area (Å²) in [5.41, 5.74) is 7.32. The first-order valence-electron chi connectivity index (χ1n) is 25.9. The Kier molecular flexibility index (Phi) is 26.7. The fourth-order valence-corrected chi connectivity index (χ4v) is 7.69. The average molecular weight is 1110 g/mol. The van der Waals surface area contributed by atoms with E-state index in [1.807, 2.05) is 0 Å². The Morgan fingerprint density at radius 1 is 0.544 bits per heavy atom. The number of aromatic nitrogens is 4. The molecule has 79 heavy (non-hydrogen) atoms. The Morgan fingerprint density at radius 2 is 1.00 bits per heavy atom. The van der Waals surface area contributed by atoms with Crippen LogP contribution in [-0.4, -0.2) is 168 Å². The van der Waals surface area contributed by atoms with Crippen molar-refractivity contribution in [3.63, 3.8) is 0 Å². The topological polar surface area (TPSA) is 440 Å². The number of aromatic amines is 2. The number of nitrogens with one attached hydrogen (secondary N) is 11. The van der Waals surface area contributed by atoms with Gasteiger partial charge in [0.25, 0.3) is 0 Å². The molecular weight excluding hydrogens is 1030 g/mol. The number of nitrogens with zero attached hydrogens (tertiary/aromatic N) is 2. The molecule has 3 aromatic rings. The number of carboxylic acid groups (broad SMARTS) is 2. The smallest absolute Gasteiger partial charge is 0.326 e. The van der Waals surface area contributed by atoms with Crippen molar-refractivity contribution >= 4 is 65.1 Å². The van der Waals surface area contributed by atoms with Gasteiger partial charge in [-0.25, -0.2) is 14.8 Å². The van der Waals surface area contributed by atoms with E-state index in [1.165, 1.54) is 32.0 Å². The molecule has 28 nitrogen and oxygen atoms in total. The standard InChI is InChI=1S/C51H76N14O14/c1-8-27(5)41(64-47(74)40(52)26(3)4)48(75)56-23-37(67)59-35(19-32-21-54-25-58-32)46(73)61-33(15-16-39(69)70)45(72)63-42(28(6)9-2)49(76)65-43(29(7)66)50(77)62-34(18-31-20-53-24-57-31)44(71)55-22-38(68)60-36(51(78)79)17-30-13-11-10-12-14-30/h10-14,20-21,24-29,33-36,40-43,66H,8-9,15-19,22-23,52H2,1-7H3,(H,53,57)(H,54,58)(H,55,71)(H,56,75)(H,59,67)(H,60,68)(H,61,73)(H,62,77)(H,63,72)(H,64,74)(H,65,76)(H,69,70)(H,78,79)/t27-,28-,29+,33-,34-,35-,36-,40-,41-,42-,43-/m0/s1. The van der Waals surface area contributed by atoms with Gasteiger partial charge >= 0.3 is 11.9 Å². The number of H-pyrrole nitrogens is 2. The third-order valence-corrected chi connectivity index (χ3v) is 13.0. The van der Waals surface area contributed by atoms with Gasteiger partial charge in [0, 0.05) is 49.5 Å². The molecule has 28 heteroatoms. The van der Waals surface area contributed by atoms with Gasteiger partial charge in [0.2, 0.25) is 53.2 Å². The van der Waals surface area contributed by atoms with Crippen molar-refractivity contribution in [2.24, 2.45) is 23.5 Å². The lowest BCUT2D eigenvalue weighted by molar-refractivity contribution is -0.142. The van der Waals surface area contributed by atoms with Crippen molar-refractivity contribution < 1.29 is 68.1 Å². The van der Waals surface area contributed by atoms with Gasteiger partial charge in [-0.1, -0.05) is 84.7 Å². The number of carboxylic acids is 2. The van der Waals surface area contributed by atoms with Crippen LogP contribution in [0.25, 0.3) is 0 Å². The van der Waals surface area contributed by atoms with Gasteiger partial charge in [0.05, 0.1) is 37.9 Å². The van der Waals surface area contributed by atoms with Gasteiger partial charge < -0.3 is 78.9 Å². The molecule has 0 bridgehead atoms. The van der Waals surface area contributed by atoms with Crippen LogP contribution in [0.4, 0.5) is 0 Å². The van der Waals surface area contributed by atoms with Crippen LogP contribution in [0.5, 0.6) is 0 Å². The van der Waals surface area contributed by atoms with E-state index in [1.54, 1.807) is 71.9 Å². The molecule has 0 fully saturated rings. The van der Waals surface area contributed by atoms with Gasteiger partial charge in [0.1, 0.15) is 42.3 Å². The highest BCUT2D eigenvalue weighted by atomic mass is 16.4.